The summed E-state index contributed by atoms with van der Waals surface area (Å²) in [5.41, 5.74) is 4.20. The van der Waals surface area contributed by atoms with Crippen LogP contribution in [0, 0.1) is 19.7 Å². The number of nitrogens with one attached hydrogen (secondary N) is 1. The molecule has 0 radical (unpaired) electrons. The molecule has 0 heterocycles. The normalized spacial score (nSPS) is 10.4. The van der Waals surface area contributed by atoms with Gasteiger partial charge in [0.2, 0.25) is 0 Å². The van der Waals surface area contributed by atoms with Gasteiger partial charge >= 0.3 is 0 Å². The lowest BCUT2D eigenvalue weighted by Crippen LogP contribution is -1.92. The van der Waals surface area contributed by atoms with E-state index in [0.717, 1.165) is 11.4 Å². The van der Waals surface area contributed by atoms with Crippen LogP contribution in [0.2, 0.25) is 5.02 Å². The summed E-state index contributed by atoms with van der Waals surface area (Å²) in [4.78, 5) is 0. The second-order valence-electron chi connectivity index (χ2n) is 4.05. The number of halogens is 2. The van der Waals surface area contributed by atoms with Crippen LogP contribution in [-0.2, 0) is 0 Å². The highest BCUT2D eigenvalue weighted by molar-refractivity contribution is 6.31. The van der Waals surface area contributed by atoms with E-state index in [9.17, 15) is 4.39 Å². The van der Waals surface area contributed by atoms with Gasteiger partial charge in [-0.3, -0.25) is 0 Å². The average molecular weight is 250 g/mol. The molecule has 88 valence electrons. The lowest BCUT2D eigenvalue weighted by atomic mass is 10.1. The third kappa shape index (κ3) is 2.77. The van der Waals surface area contributed by atoms with Crippen LogP contribution in [0.4, 0.5) is 15.8 Å². The van der Waals surface area contributed by atoms with Gasteiger partial charge in [-0.15, -0.1) is 0 Å². The van der Waals surface area contributed by atoms with Gasteiger partial charge in [-0.2, -0.15) is 0 Å². The van der Waals surface area contributed by atoms with Crippen LogP contribution < -0.4 is 5.32 Å². The van der Waals surface area contributed by atoms with Crippen molar-refractivity contribution in [3.05, 3.63) is 58.4 Å². The molecule has 2 aromatic carbocycles. The van der Waals surface area contributed by atoms with Gasteiger partial charge < -0.3 is 5.32 Å². The molecule has 0 aliphatic heterocycles. The predicted octanol–water partition coefficient (Wildman–Crippen LogP) is 4.84. The zero-order valence-corrected chi connectivity index (χ0v) is 10.5. The van der Waals surface area contributed by atoms with Gasteiger partial charge in [0, 0.05) is 11.4 Å². The largest absolute Gasteiger partial charge is 0.355 e. The predicted molar refractivity (Wildman–Crippen MR) is 70.6 cm³/mol. The Morgan fingerprint density at radius 1 is 0.941 bits per heavy atom. The molecule has 0 saturated heterocycles. The lowest BCUT2D eigenvalue weighted by molar-refractivity contribution is 0.628. The Labute approximate surface area is 105 Å². The van der Waals surface area contributed by atoms with Crippen molar-refractivity contribution >= 4 is 23.0 Å². The van der Waals surface area contributed by atoms with Crippen molar-refractivity contribution in [1.29, 1.82) is 0 Å². The molecule has 2 rings (SSSR count). The highest BCUT2D eigenvalue weighted by Crippen LogP contribution is 2.23. The van der Waals surface area contributed by atoms with Gasteiger partial charge in [-0.1, -0.05) is 17.7 Å². The minimum Gasteiger partial charge on any atom is -0.355 e. The quantitative estimate of drug-likeness (QED) is 0.803. The number of benzene rings is 2. The fourth-order valence-electron chi connectivity index (χ4n) is 1.56. The highest BCUT2D eigenvalue weighted by atomic mass is 35.5. The van der Waals surface area contributed by atoms with Gasteiger partial charge in [-0.25, -0.2) is 4.39 Å². The molecule has 0 aromatic heterocycles. The summed E-state index contributed by atoms with van der Waals surface area (Å²) in [5.74, 6) is -0.405. The molecule has 0 aliphatic rings. The van der Waals surface area contributed by atoms with E-state index in [1.165, 1.54) is 17.2 Å². The fraction of sp³-hybridized carbons (Fsp3) is 0.143. The van der Waals surface area contributed by atoms with Crippen molar-refractivity contribution in [3.63, 3.8) is 0 Å². The molecule has 0 aliphatic carbocycles. The van der Waals surface area contributed by atoms with Crippen molar-refractivity contribution < 1.29 is 4.39 Å². The van der Waals surface area contributed by atoms with Crippen LogP contribution in [0.5, 0.6) is 0 Å². The number of anilines is 2. The zero-order chi connectivity index (χ0) is 12.4. The summed E-state index contributed by atoms with van der Waals surface area (Å²) < 4.78 is 13.0. The van der Waals surface area contributed by atoms with E-state index in [-0.39, 0.29) is 5.02 Å². The molecule has 2 aromatic rings. The molecule has 0 bridgehead atoms. The van der Waals surface area contributed by atoms with Gasteiger partial charge in [0.25, 0.3) is 0 Å². The van der Waals surface area contributed by atoms with E-state index in [1.807, 2.05) is 18.2 Å². The Bertz CT molecular complexity index is 502. The summed E-state index contributed by atoms with van der Waals surface area (Å²) in [6.07, 6.45) is 0. The minimum atomic E-state index is -0.405. The standard InChI is InChI=1S/C14H13ClFN/c1-9-3-4-11(7-10(9)2)17-12-5-6-14(16)13(15)8-12/h3-8,17H,1-2H3. The van der Waals surface area contributed by atoms with Crippen molar-refractivity contribution in [3.8, 4) is 0 Å². The van der Waals surface area contributed by atoms with E-state index in [2.05, 4.69) is 19.2 Å². The Hall–Kier alpha value is -1.54. The molecule has 0 unspecified atom stereocenters. The Balaban J connectivity index is 2.25. The first-order valence-electron chi connectivity index (χ1n) is 5.35. The smallest absolute Gasteiger partial charge is 0.141 e. The summed E-state index contributed by atoms with van der Waals surface area (Å²) >= 11 is 5.72. The van der Waals surface area contributed by atoms with Gasteiger partial charge in [0.1, 0.15) is 5.82 Å². The van der Waals surface area contributed by atoms with E-state index in [4.69, 9.17) is 11.6 Å². The van der Waals surface area contributed by atoms with Gasteiger partial charge in [0.05, 0.1) is 5.02 Å². The van der Waals surface area contributed by atoms with Crippen LogP contribution in [0.1, 0.15) is 11.1 Å². The summed E-state index contributed by atoms with van der Waals surface area (Å²) in [6.45, 7) is 4.12. The van der Waals surface area contributed by atoms with Crippen LogP contribution in [0.3, 0.4) is 0 Å². The first kappa shape index (κ1) is 11.9. The maximum absolute atomic E-state index is 13.0. The van der Waals surface area contributed by atoms with Crippen LogP contribution >= 0.6 is 11.6 Å². The number of hydrogen-bond acceptors (Lipinski definition) is 1. The van der Waals surface area contributed by atoms with E-state index >= 15 is 0 Å². The first-order chi connectivity index (χ1) is 8.06. The van der Waals surface area contributed by atoms with Crippen LogP contribution in [-0.4, -0.2) is 0 Å². The van der Waals surface area contributed by atoms with Crippen molar-refractivity contribution in [2.45, 2.75) is 13.8 Å². The second kappa shape index (κ2) is 4.76. The molecule has 1 N–H and O–H groups in total. The third-order valence-electron chi connectivity index (χ3n) is 2.72. The molecule has 17 heavy (non-hydrogen) atoms. The SMILES string of the molecule is Cc1ccc(Nc2ccc(F)c(Cl)c2)cc1C. The topological polar surface area (TPSA) is 12.0 Å². The second-order valence-corrected chi connectivity index (χ2v) is 4.46. The van der Waals surface area contributed by atoms with Crippen LogP contribution in [0.15, 0.2) is 36.4 Å². The minimum absolute atomic E-state index is 0.124. The molecule has 0 saturated carbocycles. The Morgan fingerprint density at radius 3 is 2.24 bits per heavy atom. The number of aryl methyl sites for hydroxylation is 2. The Morgan fingerprint density at radius 2 is 1.59 bits per heavy atom. The van der Waals surface area contributed by atoms with Crippen LogP contribution in [0.25, 0.3) is 0 Å². The van der Waals surface area contributed by atoms with E-state index in [0.29, 0.717) is 0 Å². The van der Waals surface area contributed by atoms with E-state index in [1.54, 1.807) is 12.1 Å². The molecule has 0 amide bonds. The van der Waals surface area contributed by atoms with E-state index < -0.39 is 5.82 Å². The molecular weight excluding hydrogens is 237 g/mol. The van der Waals surface area contributed by atoms with Gasteiger partial charge in [-0.05, 0) is 55.3 Å². The fourth-order valence-corrected chi connectivity index (χ4v) is 1.74. The highest BCUT2D eigenvalue weighted by Gasteiger charge is 2.02. The zero-order valence-electron chi connectivity index (χ0n) is 9.72. The summed E-state index contributed by atoms with van der Waals surface area (Å²) in [6, 6.07) is 10.7. The number of rotatable bonds is 2. The monoisotopic (exact) mass is 249 g/mol. The maximum atomic E-state index is 13.0. The Kier molecular flexibility index (Phi) is 3.34. The van der Waals surface area contributed by atoms with Gasteiger partial charge in [0.15, 0.2) is 0 Å². The van der Waals surface area contributed by atoms with Crippen molar-refractivity contribution in [1.82, 2.24) is 0 Å². The maximum Gasteiger partial charge on any atom is 0.141 e. The molecule has 0 fully saturated rings. The summed E-state index contributed by atoms with van der Waals surface area (Å²) in [7, 11) is 0. The third-order valence-corrected chi connectivity index (χ3v) is 3.00. The molecule has 0 atom stereocenters. The lowest BCUT2D eigenvalue weighted by Gasteiger charge is -2.09. The molecule has 1 nitrogen and oxygen atoms in total. The molecular formula is C14H13ClFN. The first-order valence-corrected chi connectivity index (χ1v) is 5.73. The molecule has 3 heteroatoms. The summed E-state index contributed by atoms with van der Waals surface area (Å²) in [5, 5.41) is 3.31. The average Bonchev–Trinajstić information content (AvgIpc) is 2.29. The number of hydrogen-bond donors (Lipinski definition) is 1. The van der Waals surface area contributed by atoms with Crippen molar-refractivity contribution in [2.75, 3.05) is 5.32 Å². The molecule has 0 spiro atoms. The van der Waals surface area contributed by atoms with Crippen molar-refractivity contribution in [2.24, 2.45) is 0 Å².